The summed E-state index contributed by atoms with van der Waals surface area (Å²) < 4.78 is 20.8. The number of aromatic nitrogens is 1. The van der Waals surface area contributed by atoms with Crippen LogP contribution in [0.25, 0.3) is 10.9 Å². The summed E-state index contributed by atoms with van der Waals surface area (Å²) in [6.07, 6.45) is 7.13. The number of benzene rings is 2. The number of hydrogen-bond donors (Lipinski definition) is 1. The van der Waals surface area contributed by atoms with E-state index in [9.17, 15) is 14.3 Å². The van der Waals surface area contributed by atoms with Crippen molar-refractivity contribution in [2.75, 3.05) is 7.11 Å². The second-order valence-electron chi connectivity index (χ2n) is 8.28. The van der Waals surface area contributed by atoms with Gasteiger partial charge in [0.25, 0.3) is 0 Å². The van der Waals surface area contributed by atoms with Crippen LogP contribution in [-0.2, 0) is 13.1 Å². The van der Waals surface area contributed by atoms with Crippen molar-refractivity contribution in [1.82, 2.24) is 9.88 Å². The molecule has 6 heteroatoms. The largest absolute Gasteiger partial charge is 0.543 e. The molecule has 0 atom stereocenters. The van der Waals surface area contributed by atoms with E-state index in [2.05, 4.69) is 5.32 Å². The highest BCUT2D eigenvalue weighted by Gasteiger charge is 2.20. The van der Waals surface area contributed by atoms with Crippen molar-refractivity contribution in [3.8, 4) is 5.75 Å². The van der Waals surface area contributed by atoms with Gasteiger partial charge in [-0.15, -0.1) is 0 Å². The summed E-state index contributed by atoms with van der Waals surface area (Å²) in [4.78, 5) is 12.3. The second kappa shape index (κ2) is 9.52. The van der Waals surface area contributed by atoms with Crippen LogP contribution >= 0.6 is 0 Å². The molecule has 0 bridgehead atoms. The molecule has 1 aliphatic carbocycles. The van der Waals surface area contributed by atoms with Gasteiger partial charge >= 0.3 is 0 Å². The van der Waals surface area contributed by atoms with Gasteiger partial charge in [0.15, 0.2) is 0 Å². The molecule has 164 valence electrons. The van der Waals surface area contributed by atoms with E-state index in [1.165, 1.54) is 37.8 Å². The van der Waals surface area contributed by atoms with Crippen LogP contribution in [0, 0.1) is 5.82 Å². The van der Waals surface area contributed by atoms with Gasteiger partial charge in [0.1, 0.15) is 11.6 Å². The third-order valence-corrected chi connectivity index (χ3v) is 6.22. The fraction of sp³-hybridized carbons (Fsp3) is 0.400. The van der Waals surface area contributed by atoms with E-state index < -0.39 is 5.97 Å². The molecule has 3 aromatic rings. The van der Waals surface area contributed by atoms with E-state index in [0.717, 1.165) is 23.7 Å². The molecule has 5 nitrogen and oxygen atoms in total. The Kier molecular flexibility index (Phi) is 6.56. The Balaban J connectivity index is 1.76. The van der Waals surface area contributed by atoms with Crippen LogP contribution < -0.4 is 15.2 Å². The molecule has 0 unspecified atom stereocenters. The Morgan fingerprint density at radius 1 is 1.16 bits per heavy atom. The van der Waals surface area contributed by atoms with Crippen molar-refractivity contribution in [2.24, 2.45) is 0 Å². The Morgan fingerprint density at radius 2 is 1.94 bits per heavy atom. The topological polar surface area (TPSA) is 66.3 Å². The first-order valence-corrected chi connectivity index (χ1v) is 10.9. The Bertz CT molecular complexity index is 1070. The van der Waals surface area contributed by atoms with Crippen LogP contribution in [0.2, 0.25) is 0 Å². The third kappa shape index (κ3) is 4.74. The van der Waals surface area contributed by atoms with E-state index in [0.29, 0.717) is 29.5 Å². The molecule has 1 aromatic heterocycles. The number of aromatic carboxylic acids is 1. The minimum atomic E-state index is -1.23. The molecule has 0 radical (unpaired) electrons. The predicted molar refractivity (Wildman–Crippen MR) is 117 cm³/mol. The van der Waals surface area contributed by atoms with Crippen molar-refractivity contribution in [2.45, 2.75) is 57.7 Å². The van der Waals surface area contributed by atoms with E-state index in [4.69, 9.17) is 4.74 Å². The molecule has 4 rings (SSSR count). The lowest BCUT2D eigenvalue weighted by atomic mass is 10.1. The maximum atomic E-state index is 13.8. The third-order valence-electron chi connectivity index (χ3n) is 6.22. The summed E-state index contributed by atoms with van der Waals surface area (Å²) in [6.45, 7) is 0.682. The van der Waals surface area contributed by atoms with Gasteiger partial charge in [-0.05, 0) is 42.7 Å². The molecular weight excluding hydrogens is 395 g/mol. The fourth-order valence-electron chi connectivity index (χ4n) is 4.65. The number of methoxy groups -OCH3 is 1. The summed E-state index contributed by atoms with van der Waals surface area (Å²) >= 11 is 0. The first-order valence-electron chi connectivity index (χ1n) is 10.9. The summed E-state index contributed by atoms with van der Waals surface area (Å²) in [5.74, 6) is -0.945. The second-order valence-corrected chi connectivity index (χ2v) is 8.28. The lowest BCUT2D eigenvalue weighted by molar-refractivity contribution is -0.255. The number of carboxylic acid groups (broad SMARTS) is 1. The zero-order chi connectivity index (χ0) is 21.8. The number of carbonyl (C=O) groups excluding carboxylic acids is 1. The van der Waals surface area contributed by atoms with Crippen molar-refractivity contribution >= 4 is 16.9 Å². The molecule has 0 amide bonds. The summed E-state index contributed by atoms with van der Waals surface area (Å²) in [6, 6.07) is 12.2. The zero-order valence-electron chi connectivity index (χ0n) is 17.8. The number of nitrogens with one attached hydrogen (secondary N) is 1. The van der Waals surface area contributed by atoms with Gasteiger partial charge < -0.3 is 24.5 Å². The number of ether oxygens (including phenoxy) is 1. The quantitative estimate of drug-likeness (QED) is 0.583. The molecule has 1 N–H and O–H groups in total. The number of carboxylic acids is 1. The molecule has 1 aliphatic rings. The first-order chi connectivity index (χ1) is 15.1. The van der Waals surface area contributed by atoms with Crippen LogP contribution in [-0.4, -0.2) is 23.7 Å². The molecule has 2 aromatic carbocycles. The number of carbonyl (C=O) groups is 1. The normalized spacial score (nSPS) is 15.2. The van der Waals surface area contributed by atoms with Crippen LogP contribution in [0.4, 0.5) is 4.39 Å². The fourth-order valence-corrected chi connectivity index (χ4v) is 4.65. The van der Waals surface area contributed by atoms with Crippen LogP contribution in [0.3, 0.4) is 0 Å². The predicted octanol–water partition coefficient (Wildman–Crippen LogP) is 4.01. The number of hydrogen-bond acceptors (Lipinski definition) is 4. The van der Waals surface area contributed by atoms with Gasteiger partial charge in [-0.3, -0.25) is 0 Å². The number of halogens is 1. The average molecular weight is 424 g/mol. The minimum absolute atomic E-state index is 0.133. The maximum absolute atomic E-state index is 13.8. The lowest BCUT2D eigenvalue weighted by Gasteiger charge is -2.18. The van der Waals surface area contributed by atoms with Gasteiger partial charge in [0.05, 0.1) is 24.3 Å². The molecule has 1 fully saturated rings. The monoisotopic (exact) mass is 423 g/mol. The van der Waals surface area contributed by atoms with Crippen molar-refractivity contribution in [1.29, 1.82) is 0 Å². The standard InChI is InChI=1S/C25H29FN2O3/c1-31-20-11-12-21-22(15-27-19-9-4-2-3-5-10-19)24(25(29)30)28(23(21)14-20)16-17-7-6-8-18(26)13-17/h6-8,11-14,19,27H,2-5,9-10,15-16H2,1H3,(H,29,30)/p-1. The average Bonchev–Trinajstić information content (AvgIpc) is 2.90. The summed E-state index contributed by atoms with van der Waals surface area (Å²) in [5.41, 5.74) is 2.26. The van der Waals surface area contributed by atoms with Crippen molar-refractivity contribution < 1.29 is 19.0 Å². The number of rotatable bonds is 7. The Morgan fingerprint density at radius 3 is 2.61 bits per heavy atom. The number of fused-ring (bicyclic) bond motifs is 1. The highest BCUT2D eigenvalue weighted by Crippen LogP contribution is 2.31. The lowest BCUT2D eigenvalue weighted by Crippen LogP contribution is -2.31. The maximum Gasteiger partial charge on any atom is 0.123 e. The van der Waals surface area contributed by atoms with Gasteiger partial charge in [-0.2, -0.15) is 0 Å². The van der Waals surface area contributed by atoms with Crippen LogP contribution in [0.15, 0.2) is 42.5 Å². The molecule has 1 heterocycles. The van der Waals surface area contributed by atoms with E-state index in [1.807, 2.05) is 18.2 Å². The van der Waals surface area contributed by atoms with Gasteiger partial charge in [-0.25, -0.2) is 4.39 Å². The molecule has 1 saturated carbocycles. The molecule has 0 spiro atoms. The van der Waals surface area contributed by atoms with E-state index in [-0.39, 0.29) is 18.1 Å². The zero-order valence-corrected chi connectivity index (χ0v) is 17.8. The Hall–Kier alpha value is -2.86. The minimum Gasteiger partial charge on any atom is -0.543 e. The van der Waals surface area contributed by atoms with Gasteiger partial charge in [-0.1, -0.05) is 37.8 Å². The van der Waals surface area contributed by atoms with Crippen molar-refractivity contribution in [3.05, 3.63) is 65.1 Å². The van der Waals surface area contributed by atoms with Crippen molar-refractivity contribution in [3.63, 3.8) is 0 Å². The first kappa shape index (κ1) is 21.4. The van der Waals surface area contributed by atoms with Crippen LogP contribution in [0.1, 0.15) is 60.1 Å². The number of nitrogens with zero attached hydrogens (tertiary/aromatic N) is 1. The van der Waals surface area contributed by atoms with E-state index >= 15 is 0 Å². The summed E-state index contributed by atoms with van der Waals surface area (Å²) in [7, 11) is 1.58. The molecular formula is C25H28FN2O3-. The smallest absolute Gasteiger partial charge is 0.123 e. The van der Waals surface area contributed by atoms with Gasteiger partial charge in [0.2, 0.25) is 0 Å². The summed E-state index contributed by atoms with van der Waals surface area (Å²) in [5, 5.41) is 16.7. The highest BCUT2D eigenvalue weighted by atomic mass is 19.1. The molecule has 0 aliphatic heterocycles. The van der Waals surface area contributed by atoms with Gasteiger partial charge in [0, 0.05) is 36.1 Å². The molecule has 31 heavy (non-hydrogen) atoms. The van der Waals surface area contributed by atoms with Crippen LogP contribution in [0.5, 0.6) is 5.75 Å². The SMILES string of the molecule is COc1ccc2c(CNC3CCCCCC3)c(C(=O)[O-])n(Cc3cccc(F)c3)c2c1. The van der Waals surface area contributed by atoms with E-state index in [1.54, 1.807) is 23.8 Å². The Labute approximate surface area is 181 Å². The molecule has 0 saturated heterocycles. The highest BCUT2D eigenvalue weighted by molar-refractivity contribution is 5.98.